The van der Waals surface area contributed by atoms with Gasteiger partial charge in [0.1, 0.15) is 5.75 Å². The Kier molecular flexibility index (Phi) is 3.98. The van der Waals surface area contributed by atoms with Crippen LogP contribution in [0.15, 0.2) is 72.8 Å². The van der Waals surface area contributed by atoms with Gasteiger partial charge >= 0.3 is 0 Å². The van der Waals surface area contributed by atoms with Crippen molar-refractivity contribution in [2.24, 2.45) is 0 Å². The molecule has 3 aromatic carbocycles. The van der Waals surface area contributed by atoms with Gasteiger partial charge in [0, 0.05) is 29.3 Å². The van der Waals surface area contributed by atoms with Gasteiger partial charge in [-0.25, -0.2) is 0 Å². The van der Waals surface area contributed by atoms with Gasteiger partial charge < -0.3 is 10.1 Å². The first-order valence-corrected chi connectivity index (χ1v) is 8.38. The highest BCUT2D eigenvalue weighted by atomic mass is 16.5. The van der Waals surface area contributed by atoms with E-state index < -0.39 is 0 Å². The molecule has 0 aromatic heterocycles. The predicted molar refractivity (Wildman–Crippen MR) is 100.0 cm³/mol. The number of benzene rings is 3. The third kappa shape index (κ3) is 2.89. The van der Waals surface area contributed by atoms with Crippen LogP contribution in [0.3, 0.4) is 0 Å². The lowest BCUT2D eigenvalue weighted by Gasteiger charge is -2.29. The number of para-hydroxylation sites is 2. The summed E-state index contributed by atoms with van der Waals surface area (Å²) in [6.07, 6.45) is 0.433. The largest absolute Gasteiger partial charge is 0.497 e. The smallest absolute Gasteiger partial charge is 0.163 e. The fourth-order valence-electron chi connectivity index (χ4n) is 3.46. The standard InChI is InChI=1S/C22H19NO2/c1-25-16-8-6-7-15(13-16)22(24)14-19-17-9-2-4-11-20(17)23-21-12-5-3-10-18(19)21/h2-13,19,23H,14H2,1H3. The van der Waals surface area contributed by atoms with E-state index in [0.29, 0.717) is 17.7 Å². The molecule has 0 aliphatic carbocycles. The maximum Gasteiger partial charge on any atom is 0.163 e. The van der Waals surface area contributed by atoms with Crippen LogP contribution in [-0.2, 0) is 0 Å². The number of fused-ring (bicyclic) bond motifs is 2. The van der Waals surface area contributed by atoms with Crippen molar-refractivity contribution in [2.75, 3.05) is 12.4 Å². The number of rotatable bonds is 4. The van der Waals surface area contributed by atoms with Gasteiger partial charge in [-0.2, -0.15) is 0 Å². The second-order valence-corrected chi connectivity index (χ2v) is 6.21. The molecule has 1 aliphatic heterocycles. The number of hydrogen-bond acceptors (Lipinski definition) is 3. The van der Waals surface area contributed by atoms with Gasteiger partial charge in [0.2, 0.25) is 0 Å². The van der Waals surface area contributed by atoms with Gasteiger partial charge in [0.05, 0.1) is 7.11 Å². The van der Waals surface area contributed by atoms with Crippen LogP contribution in [0.4, 0.5) is 11.4 Å². The summed E-state index contributed by atoms with van der Waals surface area (Å²) >= 11 is 0. The highest BCUT2D eigenvalue weighted by Gasteiger charge is 2.27. The molecule has 0 unspecified atom stereocenters. The van der Waals surface area contributed by atoms with E-state index in [4.69, 9.17) is 4.74 Å². The summed E-state index contributed by atoms with van der Waals surface area (Å²) in [6, 6.07) is 23.8. The zero-order valence-corrected chi connectivity index (χ0v) is 14.0. The Hall–Kier alpha value is -3.07. The molecule has 1 aliphatic rings. The molecule has 0 spiro atoms. The first-order valence-electron chi connectivity index (χ1n) is 8.38. The highest BCUT2D eigenvalue weighted by Crippen LogP contribution is 2.43. The lowest BCUT2D eigenvalue weighted by atomic mass is 9.82. The van der Waals surface area contributed by atoms with E-state index >= 15 is 0 Å². The lowest BCUT2D eigenvalue weighted by molar-refractivity contribution is 0.0977. The number of ether oxygens (including phenoxy) is 1. The van der Waals surface area contributed by atoms with Crippen LogP contribution >= 0.6 is 0 Å². The Labute approximate surface area is 147 Å². The van der Waals surface area contributed by atoms with Crippen LogP contribution in [0.1, 0.15) is 33.8 Å². The van der Waals surface area contributed by atoms with Crippen LogP contribution in [0.2, 0.25) is 0 Å². The van der Waals surface area contributed by atoms with Crippen LogP contribution in [0.25, 0.3) is 0 Å². The molecule has 0 atom stereocenters. The number of ketones is 1. The maximum absolute atomic E-state index is 12.9. The minimum Gasteiger partial charge on any atom is -0.497 e. The van der Waals surface area contributed by atoms with Gasteiger partial charge in [-0.3, -0.25) is 4.79 Å². The number of anilines is 2. The number of methoxy groups -OCH3 is 1. The fraction of sp³-hybridized carbons (Fsp3) is 0.136. The molecule has 3 aromatic rings. The van der Waals surface area contributed by atoms with Crippen LogP contribution < -0.4 is 10.1 Å². The molecule has 0 radical (unpaired) electrons. The Morgan fingerprint density at radius 2 is 1.56 bits per heavy atom. The summed E-state index contributed by atoms with van der Waals surface area (Å²) in [4.78, 5) is 12.9. The summed E-state index contributed by atoms with van der Waals surface area (Å²) in [7, 11) is 1.61. The molecule has 25 heavy (non-hydrogen) atoms. The summed E-state index contributed by atoms with van der Waals surface area (Å²) in [5.74, 6) is 0.875. The number of carbonyl (C=O) groups is 1. The quantitative estimate of drug-likeness (QED) is 0.672. The molecule has 0 bridgehead atoms. The van der Waals surface area contributed by atoms with E-state index in [1.54, 1.807) is 13.2 Å². The molecule has 4 rings (SSSR count). The molecule has 0 fully saturated rings. The molecule has 0 saturated heterocycles. The molecule has 0 saturated carbocycles. The normalized spacial score (nSPS) is 12.7. The molecule has 0 amide bonds. The Morgan fingerprint density at radius 1 is 0.920 bits per heavy atom. The van der Waals surface area contributed by atoms with Crippen molar-refractivity contribution in [3.05, 3.63) is 89.5 Å². The second kappa shape index (κ2) is 6.44. The number of nitrogens with one attached hydrogen (secondary N) is 1. The van der Waals surface area contributed by atoms with E-state index in [2.05, 4.69) is 29.6 Å². The van der Waals surface area contributed by atoms with Crippen molar-refractivity contribution in [3.8, 4) is 5.75 Å². The zero-order valence-electron chi connectivity index (χ0n) is 14.0. The van der Waals surface area contributed by atoms with E-state index in [0.717, 1.165) is 22.5 Å². The predicted octanol–water partition coefficient (Wildman–Crippen LogP) is 5.16. The van der Waals surface area contributed by atoms with Gasteiger partial charge in [0.15, 0.2) is 5.78 Å². The van der Waals surface area contributed by atoms with Gasteiger partial charge in [-0.05, 0) is 35.4 Å². The minimum absolute atomic E-state index is 0.0485. The first kappa shape index (κ1) is 15.5. The molecule has 3 heteroatoms. The third-order valence-corrected chi connectivity index (χ3v) is 4.72. The number of Topliss-reactive ketones (excluding diaryl/α,β-unsaturated/α-hetero) is 1. The summed E-state index contributed by atoms with van der Waals surface area (Å²) in [5.41, 5.74) is 5.16. The number of carbonyl (C=O) groups excluding carboxylic acids is 1. The fourth-order valence-corrected chi connectivity index (χ4v) is 3.46. The highest BCUT2D eigenvalue weighted by molar-refractivity contribution is 5.97. The van der Waals surface area contributed by atoms with Crippen molar-refractivity contribution >= 4 is 17.2 Å². The van der Waals surface area contributed by atoms with Gasteiger partial charge in [0.25, 0.3) is 0 Å². The second-order valence-electron chi connectivity index (χ2n) is 6.21. The van der Waals surface area contributed by atoms with Crippen molar-refractivity contribution in [1.82, 2.24) is 0 Å². The molecule has 3 nitrogen and oxygen atoms in total. The summed E-state index contributed by atoms with van der Waals surface area (Å²) < 4.78 is 5.25. The van der Waals surface area contributed by atoms with Gasteiger partial charge in [-0.15, -0.1) is 0 Å². The SMILES string of the molecule is COc1cccc(C(=O)CC2c3ccccc3Nc3ccccc32)c1. The van der Waals surface area contributed by atoms with E-state index in [1.807, 2.05) is 42.5 Å². The van der Waals surface area contributed by atoms with E-state index in [1.165, 1.54) is 0 Å². The van der Waals surface area contributed by atoms with Gasteiger partial charge in [-0.1, -0.05) is 48.5 Å². The van der Waals surface area contributed by atoms with E-state index in [9.17, 15) is 4.79 Å². The summed E-state index contributed by atoms with van der Waals surface area (Å²) in [6.45, 7) is 0. The molecule has 124 valence electrons. The topological polar surface area (TPSA) is 38.3 Å². The molecule has 1 heterocycles. The van der Waals surface area contributed by atoms with E-state index in [-0.39, 0.29) is 11.7 Å². The van der Waals surface area contributed by atoms with Crippen molar-refractivity contribution < 1.29 is 9.53 Å². The Balaban J connectivity index is 1.71. The monoisotopic (exact) mass is 329 g/mol. The summed E-state index contributed by atoms with van der Waals surface area (Å²) in [5, 5.41) is 3.47. The molecular weight excluding hydrogens is 310 g/mol. The van der Waals surface area contributed by atoms with Crippen LogP contribution in [0.5, 0.6) is 5.75 Å². The molecule has 1 N–H and O–H groups in total. The van der Waals surface area contributed by atoms with Crippen molar-refractivity contribution in [1.29, 1.82) is 0 Å². The zero-order chi connectivity index (χ0) is 17.2. The Morgan fingerprint density at radius 3 is 2.20 bits per heavy atom. The lowest BCUT2D eigenvalue weighted by Crippen LogP contribution is -2.16. The van der Waals surface area contributed by atoms with Crippen molar-refractivity contribution in [2.45, 2.75) is 12.3 Å². The maximum atomic E-state index is 12.9. The van der Waals surface area contributed by atoms with Crippen LogP contribution in [0, 0.1) is 0 Å². The first-order chi connectivity index (χ1) is 12.3. The Bertz CT molecular complexity index is 887. The number of hydrogen-bond donors (Lipinski definition) is 1. The average molecular weight is 329 g/mol. The third-order valence-electron chi connectivity index (χ3n) is 4.72. The van der Waals surface area contributed by atoms with Crippen LogP contribution in [-0.4, -0.2) is 12.9 Å². The van der Waals surface area contributed by atoms with Crippen molar-refractivity contribution in [3.63, 3.8) is 0 Å². The molecular formula is C22H19NO2. The minimum atomic E-state index is 0.0485. The average Bonchev–Trinajstić information content (AvgIpc) is 2.67.